The number of nitrogens with zero attached hydrogens (tertiary/aromatic N) is 2. The van der Waals surface area contributed by atoms with Crippen LogP contribution >= 0.6 is 23.2 Å². The molecule has 0 aliphatic carbocycles. The molecule has 5 nitrogen and oxygen atoms in total. The molecule has 0 unspecified atom stereocenters. The van der Waals surface area contributed by atoms with Gasteiger partial charge < -0.3 is 4.74 Å². The minimum atomic E-state index is -0.701. The van der Waals surface area contributed by atoms with E-state index in [-0.39, 0.29) is 32.6 Å². The highest BCUT2D eigenvalue weighted by Crippen LogP contribution is 2.35. The molecule has 0 atom stereocenters. The molecule has 0 saturated carbocycles. The summed E-state index contributed by atoms with van der Waals surface area (Å²) < 4.78 is 22.4. The second-order valence-electron chi connectivity index (χ2n) is 5.28. The van der Waals surface area contributed by atoms with Gasteiger partial charge in [0.1, 0.15) is 16.7 Å². The van der Waals surface area contributed by atoms with Crippen LogP contribution in [0.4, 0.5) is 4.39 Å². The number of esters is 1. The molecule has 1 aromatic carbocycles. The second-order valence-corrected chi connectivity index (χ2v) is 6.05. The predicted octanol–water partition coefficient (Wildman–Crippen LogP) is 3.48. The lowest BCUT2D eigenvalue weighted by atomic mass is 10.1. The number of aromatic nitrogens is 2. The molecule has 1 aliphatic rings. The number of halogens is 3. The molecule has 3 rings (SSSR count). The van der Waals surface area contributed by atoms with E-state index in [4.69, 9.17) is 27.9 Å². The highest BCUT2D eigenvalue weighted by atomic mass is 35.5. The van der Waals surface area contributed by atoms with E-state index >= 15 is 0 Å². The SMILES string of the molecule is CC(=O)Oc1cc(-c2c(Cl)n3n(c2=O)CCCC3)c(F)cc1Cl. The Morgan fingerprint density at radius 1 is 1.22 bits per heavy atom. The van der Waals surface area contributed by atoms with Crippen molar-refractivity contribution in [2.75, 3.05) is 0 Å². The van der Waals surface area contributed by atoms with Gasteiger partial charge in [-0.1, -0.05) is 23.2 Å². The van der Waals surface area contributed by atoms with Crippen molar-refractivity contribution < 1.29 is 13.9 Å². The van der Waals surface area contributed by atoms with E-state index in [1.54, 1.807) is 4.68 Å². The minimum absolute atomic E-state index is 0.0137. The zero-order chi connectivity index (χ0) is 16.7. The van der Waals surface area contributed by atoms with Gasteiger partial charge >= 0.3 is 5.97 Å². The van der Waals surface area contributed by atoms with E-state index in [0.717, 1.165) is 18.9 Å². The Balaban J connectivity index is 2.21. The van der Waals surface area contributed by atoms with Crippen molar-refractivity contribution in [2.45, 2.75) is 32.9 Å². The lowest BCUT2D eigenvalue weighted by Crippen LogP contribution is -2.27. The van der Waals surface area contributed by atoms with Crippen LogP contribution in [0, 0.1) is 5.82 Å². The van der Waals surface area contributed by atoms with E-state index < -0.39 is 11.8 Å². The van der Waals surface area contributed by atoms with Crippen LogP contribution in [0.2, 0.25) is 10.2 Å². The van der Waals surface area contributed by atoms with Crippen molar-refractivity contribution >= 4 is 29.2 Å². The second kappa shape index (κ2) is 6.02. The van der Waals surface area contributed by atoms with E-state index in [1.807, 2.05) is 0 Å². The van der Waals surface area contributed by atoms with Gasteiger partial charge in [0.2, 0.25) is 0 Å². The summed E-state index contributed by atoms with van der Waals surface area (Å²) >= 11 is 12.2. The fourth-order valence-corrected chi connectivity index (χ4v) is 3.25. The lowest BCUT2D eigenvalue weighted by Gasteiger charge is -2.17. The summed E-state index contributed by atoms with van der Waals surface area (Å²) in [6.45, 7) is 2.34. The van der Waals surface area contributed by atoms with Crippen molar-refractivity contribution in [3.05, 3.63) is 38.5 Å². The summed E-state index contributed by atoms with van der Waals surface area (Å²) in [6.07, 6.45) is 1.76. The molecule has 8 heteroatoms. The van der Waals surface area contributed by atoms with E-state index in [9.17, 15) is 14.0 Å². The van der Waals surface area contributed by atoms with E-state index in [1.165, 1.54) is 17.7 Å². The maximum atomic E-state index is 14.3. The van der Waals surface area contributed by atoms with Crippen LogP contribution in [0.3, 0.4) is 0 Å². The van der Waals surface area contributed by atoms with Gasteiger partial charge in [0.15, 0.2) is 0 Å². The third-order valence-electron chi connectivity index (χ3n) is 3.71. The molecule has 0 bridgehead atoms. The van der Waals surface area contributed by atoms with Crippen LogP contribution < -0.4 is 10.3 Å². The molecule has 2 aromatic rings. The summed E-state index contributed by atoms with van der Waals surface area (Å²) in [5.74, 6) is -1.31. The molecule has 0 radical (unpaired) electrons. The number of hydrogen-bond donors (Lipinski definition) is 0. The monoisotopic (exact) mass is 358 g/mol. The number of rotatable bonds is 2. The molecule has 23 heavy (non-hydrogen) atoms. The third kappa shape index (κ3) is 2.77. The Morgan fingerprint density at radius 2 is 1.87 bits per heavy atom. The van der Waals surface area contributed by atoms with Crippen molar-refractivity contribution in [3.8, 4) is 16.9 Å². The van der Waals surface area contributed by atoms with E-state index in [0.29, 0.717) is 13.1 Å². The smallest absolute Gasteiger partial charge is 0.308 e. The first-order chi connectivity index (χ1) is 10.9. The van der Waals surface area contributed by atoms with Crippen molar-refractivity contribution in [1.29, 1.82) is 0 Å². The molecule has 1 aromatic heterocycles. The largest absolute Gasteiger partial charge is 0.425 e. The van der Waals surface area contributed by atoms with Crippen LogP contribution in [0.15, 0.2) is 16.9 Å². The fourth-order valence-electron chi connectivity index (χ4n) is 2.71. The Labute approximate surface area is 141 Å². The molecular weight excluding hydrogens is 346 g/mol. The molecule has 2 heterocycles. The first-order valence-electron chi connectivity index (χ1n) is 7.07. The van der Waals surface area contributed by atoms with Crippen molar-refractivity contribution in [1.82, 2.24) is 9.36 Å². The molecule has 122 valence electrons. The number of fused-ring (bicyclic) bond motifs is 1. The van der Waals surface area contributed by atoms with Crippen LogP contribution in [0.1, 0.15) is 19.8 Å². The van der Waals surface area contributed by atoms with Crippen molar-refractivity contribution in [2.24, 2.45) is 0 Å². The van der Waals surface area contributed by atoms with Gasteiger partial charge in [-0.05, 0) is 25.0 Å². The molecular formula is C15H13Cl2FN2O3. The standard InChI is InChI=1S/C15H13Cl2FN2O3/c1-8(21)23-12-6-9(11(18)7-10(12)16)13-14(17)19-4-2-3-5-20(19)15(13)22/h6-7H,2-5H2,1H3. The molecule has 0 amide bonds. The van der Waals surface area contributed by atoms with Gasteiger partial charge in [-0.2, -0.15) is 0 Å². The first-order valence-corrected chi connectivity index (χ1v) is 7.82. The van der Waals surface area contributed by atoms with Crippen LogP contribution in [0.5, 0.6) is 5.75 Å². The van der Waals surface area contributed by atoms with Crippen LogP contribution in [-0.4, -0.2) is 15.3 Å². The Bertz CT molecular complexity index is 857. The topological polar surface area (TPSA) is 53.2 Å². The molecule has 0 spiro atoms. The predicted molar refractivity (Wildman–Crippen MR) is 84.6 cm³/mol. The minimum Gasteiger partial charge on any atom is -0.425 e. The summed E-state index contributed by atoms with van der Waals surface area (Å²) in [5.41, 5.74) is -0.351. The average Bonchev–Trinajstić information content (AvgIpc) is 2.74. The van der Waals surface area contributed by atoms with Gasteiger partial charge in [-0.25, -0.2) is 9.07 Å². The normalized spacial score (nSPS) is 13.7. The van der Waals surface area contributed by atoms with Gasteiger partial charge in [0.05, 0.1) is 10.6 Å². The maximum absolute atomic E-state index is 14.3. The number of hydrogen-bond acceptors (Lipinski definition) is 3. The zero-order valence-electron chi connectivity index (χ0n) is 12.2. The van der Waals surface area contributed by atoms with Crippen LogP contribution in [-0.2, 0) is 17.9 Å². The highest BCUT2D eigenvalue weighted by Gasteiger charge is 2.25. The van der Waals surface area contributed by atoms with E-state index in [2.05, 4.69) is 0 Å². The van der Waals surface area contributed by atoms with Crippen LogP contribution in [0.25, 0.3) is 11.1 Å². The average molecular weight is 359 g/mol. The molecule has 0 saturated heterocycles. The zero-order valence-corrected chi connectivity index (χ0v) is 13.7. The summed E-state index contributed by atoms with van der Waals surface area (Å²) in [7, 11) is 0. The number of carbonyl (C=O) groups is 1. The van der Waals surface area contributed by atoms with Gasteiger partial charge in [0.25, 0.3) is 5.56 Å². The van der Waals surface area contributed by atoms with Gasteiger partial charge in [-0.15, -0.1) is 0 Å². The number of ether oxygens (including phenoxy) is 1. The van der Waals surface area contributed by atoms with Crippen molar-refractivity contribution in [3.63, 3.8) is 0 Å². The van der Waals surface area contributed by atoms with Gasteiger partial charge in [0, 0.05) is 25.6 Å². The Hall–Kier alpha value is -1.79. The highest BCUT2D eigenvalue weighted by molar-refractivity contribution is 6.33. The quantitative estimate of drug-likeness (QED) is 0.609. The Morgan fingerprint density at radius 3 is 2.48 bits per heavy atom. The molecule has 0 fully saturated rings. The Kier molecular flexibility index (Phi) is 4.21. The number of benzene rings is 1. The summed E-state index contributed by atoms with van der Waals surface area (Å²) in [4.78, 5) is 23.7. The summed E-state index contributed by atoms with van der Waals surface area (Å²) in [5, 5.41) is 0.117. The maximum Gasteiger partial charge on any atom is 0.308 e. The molecule has 1 aliphatic heterocycles. The number of carbonyl (C=O) groups excluding carboxylic acids is 1. The summed E-state index contributed by atoms with van der Waals surface area (Å²) in [6, 6.07) is 2.24. The lowest BCUT2D eigenvalue weighted by molar-refractivity contribution is -0.131. The molecule has 0 N–H and O–H groups in total. The fraction of sp³-hybridized carbons (Fsp3) is 0.333. The third-order valence-corrected chi connectivity index (χ3v) is 4.39. The van der Waals surface area contributed by atoms with Gasteiger partial charge in [-0.3, -0.25) is 14.3 Å². The first kappa shape index (κ1) is 16.1.